The number of likely N-dealkylation sites (tertiary alicyclic amines) is 1. The van der Waals surface area contributed by atoms with E-state index in [4.69, 9.17) is 0 Å². The second-order valence-electron chi connectivity index (χ2n) is 5.79. The Morgan fingerprint density at radius 2 is 2.12 bits per heavy atom. The number of aromatic nitrogens is 5. The van der Waals surface area contributed by atoms with Crippen LogP contribution in [-0.2, 0) is 24.1 Å². The van der Waals surface area contributed by atoms with E-state index in [2.05, 4.69) is 15.4 Å². The van der Waals surface area contributed by atoms with E-state index in [0.717, 1.165) is 16.9 Å². The fourth-order valence-corrected chi connectivity index (χ4v) is 2.66. The number of alkyl halides is 3. The average Bonchev–Trinajstić information content (AvgIpc) is 3.19. The SMILES string of the molecule is O=C(Cn1ccc(C(F)(F)F)n1)N1CCC(O)(Cn2ccnn2)C1. The quantitative estimate of drug-likeness (QED) is 0.853. The number of hydrogen-bond donors (Lipinski definition) is 1. The summed E-state index contributed by atoms with van der Waals surface area (Å²) in [5, 5.41) is 21.3. The van der Waals surface area contributed by atoms with Crippen LogP contribution in [0.15, 0.2) is 24.7 Å². The van der Waals surface area contributed by atoms with Crippen molar-refractivity contribution in [1.29, 1.82) is 0 Å². The van der Waals surface area contributed by atoms with E-state index in [9.17, 15) is 23.1 Å². The summed E-state index contributed by atoms with van der Waals surface area (Å²) in [4.78, 5) is 13.6. The van der Waals surface area contributed by atoms with Gasteiger partial charge in [0.2, 0.25) is 5.91 Å². The predicted molar refractivity (Wildman–Crippen MR) is 73.4 cm³/mol. The van der Waals surface area contributed by atoms with E-state index in [1.807, 2.05) is 0 Å². The third-order valence-electron chi connectivity index (χ3n) is 3.84. The molecule has 1 N–H and O–H groups in total. The molecule has 0 radical (unpaired) electrons. The van der Waals surface area contributed by atoms with Crippen molar-refractivity contribution >= 4 is 5.91 Å². The van der Waals surface area contributed by atoms with Gasteiger partial charge in [-0.15, -0.1) is 5.10 Å². The summed E-state index contributed by atoms with van der Waals surface area (Å²) in [5.74, 6) is -0.402. The molecule has 1 saturated heterocycles. The number of halogens is 3. The molecule has 130 valence electrons. The van der Waals surface area contributed by atoms with Gasteiger partial charge >= 0.3 is 6.18 Å². The number of β-amino-alcohol motifs (C(OH)–C–C–N with tert-alkyl or cyclic N) is 1. The molecule has 2 aromatic rings. The first-order valence-corrected chi connectivity index (χ1v) is 7.20. The highest BCUT2D eigenvalue weighted by Crippen LogP contribution is 2.27. The second kappa shape index (κ2) is 5.89. The Balaban J connectivity index is 1.59. The molecule has 1 atom stereocenters. The summed E-state index contributed by atoms with van der Waals surface area (Å²) in [6.45, 7) is 0.281. The van der Waals surface area contributed by atoms with Gasteiger partial charge in [0.25, 0.3) is 0 Å². The molecule has 1 unspecified atom stereocenters. The van der Waals surface area contributed by atoms with Crippen LogP contribution in [0.5, 0.6) is 0 Å². The van der Waals surface area contributed by atoms with Crippen LogP contribution < -0.4 is 0 Å². The van der Waals surface area contributed by atoms with Gasteiger partial charge in [0, 0.05) is 18.9 Å². The van der Waals surface area contributed by atoms with E-state index in [-0.39, 0.29) is 19.6 Å². The zero-order valence-corrected chi connectivity index (χ0v) is 12.5. The second-order valence-corrected chi connectivity index (χ2v) is 5.79. The van der Waals surface area contributed by atoms with Crippen molar-refractivity contribution in [2.75, 3.05) is 13.1 Å². The summed E-state index contributed by atoms with van der Waals surface area (Å²) in [6, 6.07) is 0.818. The van der Waals surface area contributed by atoms with E-state index in [1.54, 1.807) is 6.20 Å². The molecule has 1 fully saturated rings. The lowest BCUT2D eigenvalue weighted by molar-refractivity contribution is -0.142. The van der Waals surface area contributed by atoms with Crippen LogP contribution in [0.25, 0.3) is 0 Å². The Hall–Kier alpha value is -2.43. The van der Waals surface area contributed by atoms with Gasteiger partial charge in [-0.05, 0) is 12.5 Å². The lowest BCUT2D eigenvalue weighted by Crippen LogP contribution is -2.40. The molecule has 8 nitrogen and oxygen atoms in total. The van der Waals surface area contributed by atoms with Crippen LogP contribution in [0, 0.1) is 0 Å². The lowest BCUT2D eigenvalue weighted by Gasteiger charge is -2.23. The molecule has 3 rings (SSSR count). The van der Waals surface area contributed by atoms with Gasteiger partial charge in [-0.3, -0.25) is 9.48 Å². The van der Waals surface area contributed by atoms with Gasteiger partial charge < -0.3 is 10.0 Å². The molecule has 0 saturated carbocycles. The van der Waals surface area contributed by atoms with Crippen LogP contribution >= 0.6 is 0 Å². The summed E-state index contributed by atoms with van der Waals surface area (Å²) < 4.78 is 39.9. The van der Waals surface area contributed by atoms with Gasteiger partial charge in [0.15, 0.2) is 5.69 Å². The van der Waals surface area contributed by atoms with Crippen molar-refractivity contribution in [3.8, 4) is 0 Å². The maximum atomic E-state index is 12.5. The van der Waals surface area contributed by atoms with Crippen molar-refractivity contribution in [3.05, 3.63) is 30.4 Å². The van der Waals surface area contributed by atoms with E-state index in [0.29, 0.717) is 13.0 Å². The topological polar surface area (TPSA) is 89.1 Å². The Kier molecular flexibility index (Phi) is 4.03. The third kappa shape index (κ3) is 3.55. The van der Waals surface area contributed by atoms with Gasteiger partial charge in [-0.2, -0.15) is 18.3 Å². The Labute approximate surface area is 134 Å². The standard InChI is InChI=1S/C13H15F3N6O2/c14-13(15,16)10-1-4-21(18-10)7-11(23)20-5-2-12(24,8-20)9-22-6-3-17-19-22/h1,3-4,6,24H,2,5,7-9H2. The van der Waals surface area contributed by atoms with Crippen LogP contribution in [0.2, 0.25) is 0 Å². The highest BCUT2D eigenvalue weighted by Gasteiger charge is 2.39. The van der Waals surface area contributed by atoms with Gasteiger partial charge in [0.05, 0.1) is 19.3 Å². The summed E-state index contributed by atoms with van der Waals surface area (Å²) in [7, 11) is 0. The molecule has 3 heterocycles. The summed E-state index contributed by atoms with van der Waals surface area (Å²) in [5.41, 5.74) is -2.18. The van der Waals surface area contributed by atoms with E-state index in [1.165, 1.54) is 15.8 Å². The van der Waals surface area contributed by atoms with Crippen LogP contribution in [0.1, 0.15) is 12.1 Å². The summed E-state index contributed by atoms with van der Waals surface area (Å²) in [6.07, 6.45) is 0.00590. The molecule has 1 aliphatic heterocycles. The first-order valence-electron chi connectivity index (χ1n) is 7.20. The minimum Gasteiger partial charge on any atom is -0.386 e. The highest BCUT2D eigenvalue weighted by atomic mass is 19.4. The first kappa shape index (κ1) is 16.4. The molecule has 0 aliphatic carbocycles. The molecule has 0 aromatic carbocycles. The first-order chi connectivity index (χ1) is 11.3. The number of carbonyl (C=O) groups is 1. The minimum absolute atomic E-state index is 0.0824. The smallest absolute Gasteiger partial charge is 0.386 e. The number of amides is 1. The number of carbonyl (C=O) groups excluding carboxylic acids is 1. The van der Waals surface area contributed by atoms with Crippen LogP contribution in [0.4, 0.5) is 13.2 Å². The van der Waals surface area contributed by atoms with Crippen molar-refractivity contribution in [3.63, 3.8) is 0 Å². The maximum Gasteiger partial charge on any atom is 0.435 e. The van der Waals surface area contributed by atoms with Crippen molar-refractivity contribution in [1.82, 2.24) is 29.7 Å². The number of hydrogen-bond acceptors (Lipinski definition) is 5. The molecular weight excluding hydrogens is 329 g/mol. The molecule has 0 spiro atoms. The maximum absolute atomic E-state index is 12.5. The normalized spacial score (nSPS) is 21.4. The molecule has 0 bridgehead atoms. The van der Waals surface area contributed by atoms with E-state index >= 15 is 0 Å². The van der Waals surface area contributed by atoms with Crippen molar-refractivity contribution in [2.45, 2.75) is 31.3 Å². The minimum atomic E-state index is -4.54. The monoisotopic (exact) mass is 344 g/mol. The zero-order valence-electron chi connectivity index (χ0n) is 12.5. The fourth-order valence-electron chi connectivity index (χ4n) is 2.66. The zero-order chi connectivity index (χ0) is 17.4. The molecule has 1 aliphatic rings. The summed E-state index contributed by atoms with van der Waals surface area (Å²) >= 11 is 0. The van der Waals surface area contributed by atoms with Crippen LogP contribution in [-0.4, -0.2) is 59.4 Å². The number of aliphatic hydroxyl groups is 1. The molecule has 2 aromatic heterocycles. The average molecular weight is 344 g/mol. The largest absolute Gasteiger partial charge is 0.435 e. The third-order valence-corrected chi connectivity index (χ3v) is 3.84. The number of rotatable bonds is 4. The van der Waals surface area contributed by atoms with Crippen molar-refractivity contribution < 1.29 is 23.1 Å². The number of nitrogens with zero attached hydrogens (tertiary/aromatic N) is 6. The van der Waals surface area contributed by atoms with Gasteiger partial charge in [-0.1, -0.05) is 5.21 Å². The Morgan fingerprint density at radius 3 is 2.75 bits per heavy atom. The van der Waals surface area contributed by atoms with Crippen LogP contribution in [0.3, 0.4) is 0 Å². The fraction of sp³-hybridized carbons (Fsp3) is 0.538. The Morgan fingerprint density at radius 1 is 1.33 bits per heavy atom. The van der Waals surface area contributed by atoms with Gasteiger partial charge in [0.1, 0.15) is 12.1 Å². The van der Waals surface area contributed by atoms with E-state index < -0.39 is 23.4 Å². The molecule has 11 heteroatoms. The molecule has 24 heavy (non-hydrogen) atoms. The highest BCUT2D eigenvalue weighted by molar-refractivity contribution is 5.76. The lowest BCUT2D eigenvalue weighted by atomic mass is 10.0. The molecule has 1 amide bonds. The molecular formula is C13H15F3N6O2. The van der Waals surface area contributed by atoms with Gasteiger partial charge in [-0.25, -0.2) is 4.68 Å². The Bertz CT molecular complexity index is 714. The van der Waals surface area contributed by atoms with Crippen molar-refractivity contribution in [2.24, 2.45) is 0 Å². The predicted octanol–water partition coefficient (Wildman–Crippen LogP) is 0.157.